The van der Waals surface area contributed by atoms with Gasteiger partial charge in [0, 0.05) is 34.7 Å². The third kappa shape index (κ3) is 8.91. The van der Waals surface area contributed by atoms with Crippen LogP contribution < -0.4 is 21.5 Å². The Morgan fingerprint density at radius 3 is 2.50 bits per heavy atom. The Morgan fingerprint density at radius 2 is 1.85 bits per heavy atom. The molecule has 2 aromatic carbocycles. The molecule has 1 unspecified atom stereocenters. The van der Waals surface area contributed by atoms with Gasteiger partial charge < -0.3 is 26.4 Å². The number of nitrogens with two attached hydrogens (primary N) is 2. The van der Waals surface area contributed by atoms with Crippen molar-refractivity contribution in [3.8, 4) is 5.75 Å². The highest BCUT2D eigenvalue weighted by molar-refractivity contribution is 7.10. The molecule has 4 rings (SSSR count). The number of hydrogen-bond donors (Lipinski definition) is 4. The molecule has 2 atom stereocenters. The van der Waals surface area contributed by atoms with Crippen molar-refractivity contribution in [3.63, 3.8) is 0 Å². The quantitative estimate of drug-likeness (QED) is 0.121. The van der Waals surface area contributed by atoms with Crippen molar-refractivity contribution < 1.29 is 23.5 Å². The number of nitrogens with zero attached hydrogens (tertiary/aromatic N) is 1. The van der Waals surface area contributed by atoms with E-state index in [0.29, 0.717) is 44.5 Å². The summed E-state index contributed by atoms with van der Waals surface area (Å²) in [6.45, 7) is 1.23. The summed E-state index contributed by atoms with van der Waals surface area (Å²) in [5.41, 5.74) is 11.2. The van der Waals surface area contributed by atoms with E-state index >= 15 is 0 Å². The fourth-order valence-electron chi connectivity index (χ4n) is 4.47. The average molecular weight is 568 g/mol. The molecule has 3 aromatic rings. The van der Waals surface area contributed by atoms with Crippen LogP contribution in [0.15, 0.2) is 66.0 Å². The maximum Gasteiger partial charge on any atom is 0.243 e. The molecule has 6 N–H and O–H groups in total. The van der Waals surface area contributed by atoms with E-state index < -0.39 is 6.04 Å². The molecule has 1 aliphatic heterocycles. The van der Waals surface area contributed by atoms with Crippen molar-refractivity contribution in [2.45, 2.75) is 44.2 Å². The number of likely N-dealkylation sites (tertiary alicyclic amines) is 1. The second-order valence-corrected chi connectivity index (χ2v) is 10.2. The molecule has 11 heteroatoms. The average Bonchev–Trinajstić information content (AvgIpc) is 3.61. The summed E-state index contributed by atoms with van der Waals surface area (Å²) < 4.78 is 19.2. The highest BCUT2D eigenvalue weighted by Gasteiger charge is 2.39. The van der Waals surface area contributed by atoms with Crippen molar-refractivity contribution in [1.29, 1.82) is 5.41 Å². The number of primary amides is 1. The van der Waals surface area contributed by atoms with E-state index in [1.54, 1.807) is 28.5 Å². The number of ether oxygens (including phenoxy) is 1. The lowest BCUT2D eigenvalue weighted by Gasteiger charge is -2.24. The van der Waals surface area contributed by atoms with Gasteiger partial charge in [0.05, 0.1) is 13.2 Å². The molecule has 2 heterocycles. The number of amides is 3. The molecule has 0 spiro atoms. The summed E-state index contributed by atoms with van der Waals surface area (Å²) in [7, 11) is 0. The van der Waals surface area contributed by atoms with Crippen molar-refractivity contribution in [3.05, 3.63) is 87.9 Å². The molecule has 212 valence electrons. The molecule has 1 aliphatic rings. The van der Waals surface area contributed by atoms with Crippen molar-refractivity contribution >= 4 is 35.4 Å². The number of carbonyl (C=O) groups is 3. The number of amidine groups is 1. The van der Waals surface area contributed by atoms with Crippen LogP contribution in [0.2, 0.25) is 0 Å². The van der Waals surface area contributed by atoms with E-state index in [-0.39, 0.29) is 35.8 Å². The number of halogens is 1. The first-order valence-corrected chi connectivity index (χ1v) is 13.8. The van der Waals surface area contributed by atoms with E-state index in [2.05, 4.69) is 11.1 Å². The summed E-state index contributed by atoms with van der Waals surface area (Å²) in [6, 6.07) is 17.0. The van der Waals surface area contributed by atoms with Crippen LogP contribution in [-0.4, -0.2) is 48.2 Å². The minimum Gasteiger partial charge on any atom is -0.494 e. The van der Waals surface area contributed by atoms with Gasteiger partial charge in [-0.15, -0.1) is 11.3 Å². The number of para-hydroxylation sites is 1. The Bertz CT molecular complexity index is 1270. The van der Waals surface area contributed by atoms with E-state index in [1.165, 1.54) is 23.5 Å². The van der Waals surface area contributed by atoms with Gasteiger partial charge in [-0.05, 0) is 55.2 Å². The van der Waals surface area contributed by atoms with Gasteiger partial charge in [-0.1, -0.05) is 30.3 Å². The van der Waals surface area contributed by atoms with Gasteiger partial charge in [0.2, 0.25) is 18.2 Å². The maximum atomic E-state index is 13.4. The lowest BCUT2D eigenvalue weighted by atomic mass is 9.96. The number of nitrogens with one attached hydrogen (secondary N) is 2. The van der Waals surface area contributed by atoms with Gasteiger partial charge in [-0.25, -0.2) is 4.39 Å². The molecule has 0 aliphatic carbocycles. The number of unbranched alkanes of at least 4 members (excludes halogenated alkanes) is 1. The van der Waals surface area contributed by atoms with Gasteiger partial charge in [-0.2, -0.15) is 0 Å². The molecule has 0 bridgehead atoms. The molecule has 40 heavy (non-hydrogen) atoms. The summed E-state index contributed by atoms with van der Waals surface area (Å²) in [4.78, 5) is 37.5. The van der Waals surface area contributed by atoms with Crippen molar-refractivity contribution in [2.75, 3.05) is 13.2 Å². The lowest BCUT2D eigenvalue weighted by Crippen LogP contribution is -2.45. The number of rotatable bonds is 11. The van der Waals surface area contributed by atoms with E-state index in [4.69, 9.17) is 20.7 Å². The van der Waals surface area contributed by atoms with Crippen LogP contribution in [0.5, 0.6) is 5.75 Å². The largest absolute Gasteiger partial charge is 0.494 e. The van der Waals surface area contributed by atoms with Crippen molar-refractivity contribution in [2.24, 2.45) is 11.5 Å². The monoisotopic (exact) mass is 567 g/mol. The SMILES string of the molecule is N=C(N)c1csc(CNC(=O)C2C[C@@H](c3ccc(F)cc3)CN2C(=O)CCCCOc2ccccc2)c1.NC=O. The number of thiophene rings is 1. The minimum absolute atomic E-state index is 0.0160. The topological polar surface area (TPSA) is 152 Å². The van der Waals surface area contributed by atoms with Gasteiger partial charge in [0.1, 0.15) is 23.4 Å². The zero-order chi connectivity index (χ0) is 28.9. The van der Waals surface area contributed by atoms with Crippen LogP contribution in [0.4, 0.5) is 4.39 Å². The van der Waals surface area contributed by atoms with Crippen LogP contribution in [0.1, 0.15) is 47.6 Å². The second-order valence-electron chi connectivity index (χ2n) is 9.23. The zero-order valence-corrected chi connectivity index (χ0v) is 22.9. The number of hydrogen-bond acceptors (Lipinski definition) is 6. The van der Waals surface area contributed by atoms with Gasteiger partial charge >= 0.3 is 0 Å². The van der Waals surface area contributed by atoms with E-state index in [9.17, 15) is 14.0 Å². The number of nitrogen functional groups attached to an aromatic ring is 1. The molecule has 1 fully saturated rings. The van der Waals surface area contributed by atoms with E-state index in [1.807, 2.05) is 30.3 Å². The van der Waals surface area contributed by atoms with Crippen LogP contribution >= 0.6 is 11.3 Å². The highest BCUT2D eigenvalue weighted by Crippen LogP contribution is 2.33. The lowest BCUT2D eigenvalue weighted by molar-refractivity contribution is -0.138. The highest BCUT2D eigenvalue weighted by atomic mass is 32.1. The molecular weight excluding hydrogens is 533 g/mol. The molecule has 0 radical (unpaired) electrons. The maximum absolute atomic E-state index is 13.4. The molecule has 0 saturated carbocycles. The second kappa shape index (κ2) is 15.4. The standard InChI is InChI=1S/C28H31FN4O3S.CH3NO/c29-22-11-9-19(10-12-22)20-15-25(28(35)32-16-24-14-21(18-37-24)27(30)31)33(17-20)26(34)8-4-5-13-36-23-6-2-1-3-7-23;2-1-3/h1-3,6-7,9-12,14,18,20,25H,4-5,8,13,15-17H2,(H3,30,31)(H,32,35);1H,(H2,2,3)/t20-,25?;/m1./s1. The van der Waals surface area contributed by atoms with Crippen LogP contribution in [0.3, 0.4) is 0 Å². The van der Waals surface area contributed by atoms with E-state index in [0.717, 1.165) is 22.6 Å². The molecule has 9 nitrogen and oxygen atoms in total. The Hall–Kier alpha value is -4.25. The van der Waals surface area contributed by atoms with Crippen LogP contribution in [-0.2, 0) is 20.9 Å². The van der Waals surface area contributed by atoms with Gasteiger partial charge in [0.15, 0.2) is 0 Å². The fraction of sp³-hybridized carbons (Fsp3) is 0.310. The summed E-state index contributed by atoms with van der Waals surface area (Å²) in [6.07, 6.45) is 2.43. The molecular formula is C29H34FN5O4S. The van der Waals surface area contributed by atoms with Crippen molar-refractivity contribution in [1.82, 2.24) is 10.2 Å². The third-order valence-electron chi connectivity index (χ3n) is 6.46. The Morgan fingerprint density at radius 1 is 1.15 bits per heavy atom. The first-order valence-electron chi connectivity index (χ1n) is 12.9. The number of carbonyl (C=O) groups excluding carboxylic acids is 3. The first kappa shape index (κ1) is 30.3. The van der Waals surface area contributed by atoms with Gasteiger partial charge in [-0.3, -0.25) is 19.8 Å². The Balaban J connectivity index is 0.00000141. The zero-order valence-electron chi connectivity index (χ0n) is 22.1. The normalized spacial score (nSPS) is 16.0. The number of benzene rings is 2. The summed E-state index contributed by atoms with van der Waals surface area (Å²) >= 11 is 1.42. The van der Waals surface area contributed by atoms with Gasteiger partial charge in [0.25, 0.3) is 0 Å². The predicted octanol–water partition coefficient (Wildman–Crippen LogP) is 3.52. The molecule has 3 amide bonds. The fourth-order valence-corrected chi connectivity index (χ4v) is 5.30. The summed E-state index contributed by atoms with van der Waals surface area (Å²) in [5, 5.41) is 12.3. The Labute approximate surface area is 236 Å². The molecule has 1 saturated heterocycles. The predicted molar refractivity (Wildman–Crippen MR) is 152 cm³/mol. The molecule has 1 aromatic heterocycles. The Kier molecular flexibility index (Phi) is 11.6. The summed E-state index contributed by atoms with van der Waals surface area (Å²) in [5.74, 6) is 0.129. The third-order valence-corrected chi connectivity index (χ3v) is 7.40. The first-order chi connectivity index (χ1) is 19.3. The van der Waals surface area contributed by atoms with Crippen LogP contribution in [0.25, 0.3) is 0 Å². The minimum atomic E-state index is -0.602. The smallest absolute Gasteiger partial charge is 0.243 e. The van der Waals surface area contributed by atoms with Crippen LogP contribution in [0, 0.1) is 11.2 Å².